The van der Waals surface area contributed by atoms with Gasteiger partial charge in [0, 0.05) is 10.9 Å². The maximum absolute atomic E-state index is 10.4. The van der Waals surface area contributed by atoms with Crippen LogP contribution >= 0.6 is 15.9 Å². The van der Waals surface area contributed by atoms with E-state index < -0.39 is 5.97 Å². The van der Waals surface area contributed by atoms with Gasteiger partial charge in [0.05, 0.1) is 17.6 Å². The van der Waals surface area contributed by atoms with Gasteiger partial charge in [-0.05, 0) is 49.9 Å². The minimum Gasteiger partial charge on any atom is -0.481 e. The molecule has 0 aliphatic carbocycles. The molecule has 5 nitrogen and oxygen atoms in total. The molecule has 1 aromatic heterocycles. The molecule has 1 heterocycles. The first-order valence-corrected chi connectivity index (χ1v) is 7.24. The topological polar surface area (TPSA) is 68.0 Å². The highest BCUT2D eigenvalue weighted by Gasteiger charge is 2.05. The van der Waals surface area contributed by atoms with E-state index in [0.29, 0.717) is 6.42 Å². The van der Waals surface area contributed by atoms with Gasteiger partial charge in [-0.3, -0.25) is 4.79 Å². The fraction of sp³-hybridized carbons (Fsp3) is 0.357. The molecule has 0 saturated heterocycles. The van der Waals surface area contributed by atoms with Gasteiger partial charge in [-0.1, -0.05) is 21.1 Å². The number of rotatable bonds is 6. The molecule has 0 unspecified atom stereocenters. The van der Waals surface area contributed by atoms with Crippen molar-refractivity contribution in [3.8, 4) is 5.69 Å². The Kier molecular flexibility index (Phi) is 4.89. The number of aromatic nitrogens is 3. The maximum atomic E-state index is 10.4. The summed E-state index contributed by atoms with van der Waals surface area (Å²) < 4.78 is 2.75. The maximum Gasteiger partial charge on any atom is 0.303 e. The number of aryl methyl sites for hydroxylation is 2. The molecule has 0 aliphatic rings. The van der Waals surface area contributed by atoms with E-state index in [2.05, 4.69) is 26.2 Å². The fourth-order valence-electron chi connectivity index (χ4n) is 1.97. The second-order valence-electron chi connectivity index (χ2n) is 4.74. The zero-order valence-corrected chi connectivity index (χ0v) is 12.8. The van der Waals surface area contributed by atoms with Crippen molar-refractivity contribution >= 4 is 21.9 Å². The van der Waals surface area contributed by atoms with Crippen LogP contribution in [0.3, 0.4) is 0 Å². The number of hydrogen-bond donors (Lipinski definition) is 1. The van der Waals surface area contributed by atoms with Crippen LogP contribution < -0.4 is 0 Å². The third-order valence-corrected chi connectivity index (χ3v) is 3.36. The Labute approximate surface area is 125 Å². The molecule has 6 heteroatoms. The lowest BCUT2D eigenvalue weighted by atomic mass is 10.1. The van der Waals surface area contributed by atoms with Crippen LogP contribution in [0.25, 0.3) is 5.69 Å². The van der Waals surface area contributed by atoms with Crippen LogP contribution in [0.4, 0.5) is 0 Å². The van der Waals surface area contributed by atoms with Gasteiger partial charge in [-0.2, -0.15) is 0 Å². The number of carbonyl (C=O) groups is 1. The molecule has 0 amide bonds. The SMILES string of the molecule is Cc1cc(Br)cc(-n2cc(CCCCC(=O)O)nn2)c1. The summed E-state index contributed by atoms with van der Waals surface area (Å²) >= 11 is 3.46. The molecular weight excluding hydrogens is 322 g/mol. The number of halogens is 1. The first-order valence-electron chi connectivity index (χ1n) is 6.45. The molecule has 0 bridgehead atoms. The summed E-state index contributed by atoms with van der Waals surface area (Å²) in [5, 5.41) is 16.8. The first-order chi connectivity index (χ1) is 9.54. The third-order valence-electron chi connectivity index (χ3n) is 2.91. The van der Waals surface area contributed by atoms with Crippen LogP contribution in [0, 0.1) is 6.92 Å². The predicted octanol–water partition coefficient (Wildman–Crippen LogP) is 3.14. The first kappa shape index (κ1) is 14.7. The van der Waals surface area contributed by atoms with Crippen LogP contribution in [-0.4, -0.2) is 26.1 Å². The van der Waals surface area contributed by atoms with E-state index in [0.717, 1.165) is 34.3 Å². The van der Waals surface area contributed by atoms with Crippen molar-refractivity contribution in [2.75, 3.05) is 0 Å². The quantitative estimate of drug-likeness (QED) is 0.822. The highest BCUT2D eigenvalue weighted by atomic mass is 79.9. The van der Waals surface area contributed by atoms with Crippen molar-refractivity contribution < 1.29 is 9.90 Å². The van der Waals surface area contributed by atoms with Gasteiger partial charge in [0.1, 0.15) is 0 Å². The molecular formula is C14H16BrN3O2. The number of hydrogen-bond acceptors (Lipinski definition) is 3. The van der Waals surface area contributed by atoms with Gasteiger partial charge in [0.2, 0.25) is 0 Å². The summed E-state index contributed by atoms with van der Waals surface area (Å²) in [6.45, 7) is 2.03. The summed E-state index contributed by atoms with van der Waals surface area (Å²) in [6, 6.07) is 6.05. The van der Waals surface area contributed by atoms with Crippen molar-refractivity contribution in [1.82, 2.24) is 15.0 Å². The molecule has 2 aromatic rings. The Morgan fingerprint density at radius 3 is 2.85 bits per heavy atom. The summed E-state index contributed by atoms with van der Waals surface area (Å²) in [5.74, 6) is -0.752. The molecule has 0 saturated carbocycles. The second-order valence-corrected chi connectivity index (χ2v) is 5.66. The minimum absolute atomic E-state index is 0.207. The number of carboxylic acid groups (broad SMARTS) is 1. The smallest absolute Gasteiger partial charge is 0.303 e. The van der Waals surface area contributed by atoms with Gasteiger partial charge in [0.15, 0.2) is 0 Å². The second kappa shape index (κ2) is 6.65. The Morgan fingerprint density at radius 1 is 1.35 bits per heavy atom. The lowest BCUT2D eigenvalue weighted by Gasteiger charge is -2.02. The lowest BCUT2D eigenvalue weighted by Crippen LogP contribution is -1.95. The molecule has 0 fully saturated rings. The number of carboxylic acids is 1. The van der Waals surface area contributed by atoms with Gasteiger partial charge in [-0.15, -0.1) is 5.10 Å². The Bertz CT molecular complexity index is 590. The number of unbranched alkanes of at least 4 members (excludes halogenated alkanes) is 1. The van der Waals surface area contributed by atoms with Crippen molar-refractivity contribution in [1.29, 1.82) is 0 Å². The lowest BCUT2D eigenvalue weighted by molar-refractivity contribution is -0.137. The third kappa shape index (κ3) is 4.16. The van der Waals surface area contributed by atoms with Gasteiger partial charge in [-0.25, -0.2) is 4.68 Å². The highest BCUT2D eigenvalue weighted by Crippen LogP contribution is 2.18. The summed E-state index contributed by atoms with van der Waals surface area (Å²) in [7, 11) is 0. The van der Waals surface area contributed by atoms with Crippen molar-refractivity contribution in [2.45, 2.75) is 32.6 Å². The number of aliphatic carboxylic acids is 1. The largest absolute Gasteiger partial charge is 0.481 e. The van der Waals surface area contributed by atoms with Crippen molar-refractivity contribution in [3.05, 3.63) is 40.1 Å². The zero-order chi connectivity index (χ0) is 14.5. The molecule has 0 spiro atoms. The molecule has 2 rings (SSSR count). The molecule has 1 N–H and O–H groups in total. The molecule has 0 atom stereocenters. The monoisotopic (exact) mass is 337 g/mol. The van der Waals surface area contributed by atoms with Crippen molar-refractivity contribution in [3.63, 3.8) is 0 Å². The van der Waals surface area contributed by atoms with E-state index in [1.807, 2.05) is 31.3 Å². The Balaban J connectivity index is 1.99. The van der Waals surface area contributed by atoms with Gasteiger partial charge in [0.25, 0.3) is 0 Å². The van der Waals surface area contributed by atoms with Crippen LogP contribution in [0.1, 0.15) is 30.5 Å². The average Bonchev–Trinajstić information content (AvgIpc) is 2.82. The Morgan fingerprint density at radius 2 is 2.15 bits per heavy atom. The van der Waals surface area contributed by atoms with Gasteiger partial charge < -0.3 is 5.11 Å². The van der Waals surface area contributed by atoms with E-state index in [9.17, 15) is 4.79 Å². The normalized spacial score (nSPS) is 10.7. The molecule has 20 heavy (non-hydrogen) atoms. The van der Waals surface area contributed by atoms with Crippen LogP contribution in [0.5, 0.6) is 0 Å². The number of nitrogens with zero attached hydrogens (tertiary/aromatic N) is 3. The van der Waals surface area contributed by atoms with E-state index >= 15 is 0 Å². The van der Waals surface area contributed by atoms with Crippen LogP contribution in [0.15, 0.2) is 28.9 Å². The summed E-state index contributed by atoms with van der Waals surface area (Å²) in [6.07, 6.45) is 4.32. The summed E-state index contributed by atoms with van der Waals surface area (Å²) in [4.78, 5) is 10.4. The van der Waals surface area contributed by atoms with Crippen molar-refractivity contribution in [2.24, 2.45) is 0 Å². The van der Waals surface area contributed by atoms with E-state index in [1.54, 1.807) is 4.68 Å². The van der Waals surface area contributed by atoms with E-state index in [4.69, 9.17) is 5.11 Å². The number of benzene rings is 1. The molecule has 0 aliphatic heterocycles. The van der Waals surface area contributed by atoms with E-state index in [-0.39, 0.29) is 6.42 Å². The Hall–Kier alpha value is -1.69. The van der Waals surface area contributed by atoms with Crippen LogP contribution in [0.2, 0.25) is 0 Å². The zero-order valence-electron chi connectivity index (χ0n) is 11.2. The molecule has 106 valence electrons. The molecule has 0 radical (unpaired) electrons. The molecule has 1 aromatic carbocycles. The fourth-order valence-corrected chi connectivity index (χ4v) is 2.57. The summed E-state index contributed by atoms with van der Waals surface area (Å²) in [5.41, 5.74) is 2.99. The standard InChI is InChI=1S/C14H16BrN3O2/c1-10-6-11(15)8-13(7-10)18-9-12(16-17-18)4-2-3-5-14(19)20/h6-9H,2-5H2,1H3,(H,19,20). The van der Waals surface area contributed by atoms with Crippen LogP contribution in [-0.2, 0) is 11.2 Å². The van der Waals surface area contributed by atoms with Gasteiger partial charge >= 0.3 is 5.97 Å². The highest BCUT2D eigenvalue weighted by molar-refractivity contribution is 9.10. The predicted molar refractivity (Wildman–Crippen MR) is 79.0 cm³/mol. The average molecular weight is 338 g/mol. The van der Waals surface area contributed by atoms with E-state index in [1.165, 1.54) is 0 Å². The minimum atomic E-state index is -0.752.